The molecule has 0 aliphatic rings. The van der Waals surface area contributed by atoms with Gasteiger partial charge in [-0.25, -0.2) is 8.42 Å². The molecule has 2 aromatic rings. The van der Waals surface area contributed by atoms with Gasteiger partial charge in [0.15, 0.2) is 5.00 Å². The zero-order valence-electron chi connectivity index (χ0n) is 10.3. The molecule has 0 radical (unpaired) electrons. The molecule has 2 N–H and O–H groups in total. The van der Waals surface area contributed by atoms with Crippen LogP contribution in [0, 0.1) is 10.1 Å². The van der Waals surface area contributed by atoms with E-state index in [1.807, 2.05) is 17.5 Å². The summed E-state index contributed by atoms with van der Waals surface area (Å²) < 4.78 is 25.6. The van der Waals surface area contributed by atoms with Gasteiger partial charge in [0, 0.05) is 24.5 Å². The van der Waals surface area contributed by atoms with Crippen LogP contribution in [0.15, 0.2) is 27.8 Å². The van der Waals surface area contributed by atoms with E-state index >= 15 is 0 Å². The van der Waals surface area contributed by atoms with Gasteiger partial charge in [0.1, 0.15) is 4.21 Å². The molecule has 0 atom stereocenters. The highest BCUT2D eigenvalue weighted by molar-refractivity contribution is 7.91. The predicted molar refractivity (Wildman–Crippen MR) is 78.4 cm³/mol. The summed E-state index contributed by atoms with van der Waals surface area (Å²) in [6.07, 6.45) is 0. The van der Waals surface area contributed by atoms with Gasteiger partial charge in [-0.3, -0.25) is 10.1 Å². The molecule has 0 saturated carbocycles. The van der Waals surface area contributed by atoms with E-state index in [4.69, 9.17) is 5.73 Å². The fraction of sp³-hybridized carbons (Fsp3) is 0.200. The molecule has 7 nitrogen and oxygen atoms in total. The van der Waals surface area contributed by atoms with Crippen LogP contribution in [0.3, 0.4) is 0 Å². The van der Waals surface area contributed by atoms with Crippen molar-refractivity contribution in [3.8, 4) is 0 Å². The van der Waals surface area contributed by atoms with Crippen molar-refractivity contribution in [3.63, 3.8) is 0 Å². The number of sulfonamides is 1. The molecule has 0 fully saturated rings. The average molecular weight is 333 g/mol. The first-order valence-electron chi connectivity index (χ1n) is 5.35. The highest BCUT2D eigenvalue weighted by atomic mass is 32.2. The van der Waals surface area contributed by atoms with E-state index in [2.05, 4.69) is 0 Å². The zero-order valence-corrected chi connectivity index (χ0v) is 12.8. The summed E-state index contributed by atoms with van der Waals surface area (Å²) in [5.74, 6) is 0. The van der Waals surface area contributed by atoms with Crippen LogP contribution in [0.5, 0.6) is 0 Å². The van der Waals surface area contributed by atoms with E-state index in [1.165, 1.54) is 18.4 Å². The molecule has 2 heterocycles. The van der Waals surface area contributed by atoms with Gasteiger partial charge in [-0.1, -0.05) is 17.4 Å². The lowest BCUT2D eigenvalue weighted by Crippen LogP contribution is -2.25. The Labute approximate surface area is 123 Å². The van der Waals surface area contributed by atoms with Crippen LogP contribution in [-0.4, -0.2) is 24.7 Å². The Morgan fingerprint density at radius 3 is 2.70 bits per heavy atom. The van der Waals surface area contributed by atoms with E-state index in [-0.39, 0.29) is 21.4 Å². The molecule has 0 spiro atoms. The Balaban J connectivity index is 2.30. The van der Waals surface area contributed by atoms with Crippen molar-refractivity contribution in [2.24, 2.45) is 0 Å². The van der Waals surface area contributed by atoms with Crippen LogP contribution in [0.2, 0.25) is 0 Å². The second-order valence-corrected chi connectivity index (χ2v) is 8.30. The van der Waals surface area contributed by atoms with Gasteiger partial charge in [0.25, 0.3) is 10.0 Å². The normalized spacial score (nSPS) is 11.9. The Morgan fingerprint density at radius 2 is 2.20 bits per heavy atom. The second-order valence-electron chi connectivity index (χ2n) is 3.91. The van der Waals surface area contributed by atoms with Crippen LogP contribution in [-0.2, 0) is 16.6 Å². The molecule has 20 heavy (non-hydrogen) atoms. The standard InChI is InChI=1S/C10H11N3O4S3/c1-12(6-7-3-2-4-18-7)20(16,17)9-5-8(13(14)15)10(11)19-9/h2-5H,6,11H2,1H3. The van der Waals surface area contributed by atoms with Gasteiger partial charge < -0.3 is 5.73 Å². The third-order valence-electron chi connectivity index (χ3n) is 2.54. The lowest BCUT2D eigenvalue weighted by Gasteiger charge is -2.14. The van der Waals surface area contributed by atoms with Crippen molar-refractivity contribution >= 4 is 43.4 Å². The number of nitrogens with zero attached hydrogens (tertiary/aromatic N) is 2. The van der Waals surface area contributed by atoms with E-state index in [1.54, 1.807) is 0 Å². The molecule has 0 aromatic carbocycles. The minimum absolute atomic E-state index is 0.113. The summed E-state index contributed by atoms with van der Waals surface area (Å²) in [4.78, 5) is 10.9. The summed E-state index contributed by atoms with van der Waals surface area (Å²) in [5, 5.41) is 12.5. The Bertz CT molecular complexity index is 721. The number of nitrogens with two attached hydrogens (primary N) is 1. The second kappa shape index (κ2) is 5.48. The number of nitro groups is 1. The minimum Gasteiger partial charge on any atom is -0.385 e. The van der Waals surface area contributed by atoms with Gasteiger partial charge in [-0.05, 0) is 11.4 Å². The summed E-state index contributed by atoms with van der Waals surface area (Å²) in [5.41, 5.74) is 5.09. The van der Waals surface area contributed by atoms with Gasteiger partial charge in [0.2, 0.25) is 0 Å². The Kier molecular flexibility index (Phi) is 4.09. The Hall–Kier alpha value is -1.49. The largest absolute Gasteiger partial charge is 0.385 e. The average Bonchev–Trinajstić information content (AvgIpc) is 2.98. The number of nitrogen functional groups attached to an aromatic ring is 1. The Morgan fingerprint density at radius 1 is 1.50 bits per heavy atom. The number of thiophene rings is 2. The molecule has 108 valence electrons. The summed E-state index contributed by atoms with van der Waals surface area (Å²) in [6, 6.07) is 4.65. The molecule has 0 amide bonds. The predicted octanol–water partition coefficient (Wildman–Crippen LogP) is 2.12. The highest BCUT2D eigenvalue weighted by Gasteiger charge is 2.28. The summed E-state index contributed by atoms with van der Waals surface area (Å²) in [7, 11) is -2.35. The number of hydrogen-bond acceptors (Lipinski definition) is 7. The molecule has 0 aliphatic heterocycles. The van der Waals surface area contributed by atoms with Crippen molar-refractivity contribution in [1.82, 2.24) is 4.31 Å². The number of anilines is 1. The molecule has 2 aromatic heterocycles. The first-order chi connectivity index (χ1) is 9.32. The fourth-order valence-corrected chi connectivity index (χ4v) is 4.92. The van der Waals surface area contributed by atoms with E-state index in [0.717, 1.165) is 15.2 Å². The maximum Gasteiger partial charge on any atom is 0.304 e. The molecule has 0 aliphatic carbocycles. The van der Waals surface area contributed by atoms with Gasteiger partial charge >= 0.3 is 5.69 Å². The van der Waals surface area contributed by atoms with Crippen LogP contribution in [0.1, 0.15) is 4.88 Å². The van der Waals surface area contributed by atoms with Crippen molar-refractivity contribution in [2.75, 3.05) is 12.8 Å². The number of rotatable bonds is 5. The maximum atomic E-state index is 12.3. The lowest BCUT2D eigenvalue weighted by atomic mass is 10.5. The van der Waals surface area contributed by atoms with Crippen LogP contribution in [0.4, 0.5) is 10.7 Å². The van der Waals surface area contributed by atoms with Crippen molar-refractivity contribution in [2.45, 2.75) is 10.8 Å². The third kappa shape index (κ3) is 2.82. The van der Waals surface area contributed by atoms with Gasteiger partial charge in [-0.15, -0.1) is 11.3 Å². The summed E-state index contributed by atoms with van der Waals surface area (Å²) in [6.45, 7) is 0.214. The van der Waals surface area contributed by atoms with E-state index in [0.29, 0.717) is 11.3 Å². The van der Waals surface area contributed by atoms with Crippen LogP contribution in [0.25, 0.3) is 0 Å². The number of hydrogen-bond donors (Lipinski definition) is 1. The van der Waals surface area contributed by atoms with Gasteiger partial charge in [0.05, 0.1) is 4.92 Å². The van der Waals surface area contributed by atoms with E-state index in [9.17, 15) is 18.5 Å². The monoisotopic (exact) mass is 333 g/mol. The third-order valence-corrected chi connectivity index (χ3v) is 6.60. The molecule has 2 rings (SSSR count). The molecular formula is C10H11N3O4S3. The van der Waals surface area contributed by atoms with E-state index < -0.39 is 14.9 Å². The zero-order chi connectivity index (χ0) is 14.9. The SMILES string of the molecule is CN(Cc1cccs1)S(=O)(=O)c1cc([N+](=O)[O-])c(N)s1. The van der Waals surface area contributed by atoms with Gasteiger partial charge in [-0.2, -0.15) is 4.31 Å². The maximum absolute atomic E-state index is 12.3. The molecular weight excluding hydrogens is 322 g/mol. The minimum atomic E-state index is -3.78. The van der Waals surface area contributed by atoms with Crippen molar-refractivity contribution in [3.05, 3.63) is 38.6 Å². The van der Waals surface area contributed by atoms with Crippen LogP contribution < -0.4 is 5.73 Å². The molecule has 0 saturated heterocycles. The first-order valence-corrected chi connectivity index (χ1v) is 8.48. The van der Waals surface area contributed by atoms with Crippen molar-refractivity contribution < 1.29 is 13.3 Å². The van der Waals surface area contributed by atoms with Crippen molar-refractivity contribution in [1.29, 1.82) is 0 Å². The molecule has 0 unspecified atom stereocenters. The van der Waals surface area contributed by atoms with Crippen LogP contribution >= 0.6 is 22.7 Å². The molecule has 0 bridgehead atoms. The molecule has 10 heteroatoms. The fourth-order valence-electron chi connectivity index (χ4n) is 1.50. The first kappa shape index (κ1) is 14.9. The highest BCUT2D eigenvalue weighted by Crippen LogP contribution is 2.35. The summed E-state index contributed by atoms with van der Waals surface area (Å²) >= 11 is 2.14. The lowest BCUT2D eigenvalue weighted by molar-refractivity contribution is -0.383. The topological polar surface area (TPSA) is 107 Å². The quantitative estimate of drug-likeness (QED) is 0.666. The smallest absolute Gasteiger partial charge is 0.304 e.